The summed E-state index contributed by atoms with van der Waals surface area (Å²) in [5.41, 5.74) is 6.74. The lowest BCUT2D eigenvalue weighted by atomic mass is 9.96. The van der Waals surface area contributed by atoms with Crippen LogP contribution in [0.1, 0.15) is 24.8 Å². The Hall–Kier alpha value is -0.740. The Bertz CT molecular complexity index is 368. The lowest BCUT2D eigenvalue weighted by Crippen LogP contribution is -2.06. The molecule has 4 heteroatoms. The average Bonchev–Trinajstić information content (AvgIpc) is 2.65. The highest BCUT2D eigenvalue weighted by Crippen LogP contribution is 2.43. The maximum atomic E-state index is 5.57. The Balaban J connectivity index is 2.40. The summed E-state index contributed by atoms with van der Waals surface area (Å²) in [6.45, 7) is 3.14. The molecule has 2 N–H and O–H groups in total. The maximum absolute atomic E-state index is 5.57. The molecule has 2 rings (SSSR count). The van der Waals surface area contributed by atoms with Gasteiger partial charge >= 0.3 is 0 Å². The first-order valence-corrected chi connectivity index (χ1v) is 5.81. The van der Waals surface area contributed by atoms with Crippen LogP contribution in [0.5, 0.6) is 11.5 Å². The minimum Gasteiger partial charge on any atom is -0.454 e. The van der Waals surface area contributed by atoms with Crippen molar-refractivity contribution in [3.63, 3.8) is 0 Å². The molecule has 0 amide bonds. The fraction of sp³-hybridized carbons (Fsp3) is 0.455. The van der Waals surface area contributed by atoms with E-state index in [1.165, 1.54) is 0 Å². The second-order valence-electron chi connectivity index (χ2n) is 3.67. The van der Waals surface area contributed by atoms with Crippen molar-refractivity contribution in [2.24, 2.45) is 5.73 Å². The third-order valence-corrected chi connectivity index (χ3v) is 3.31. The quantitative estimate of drug-likeness (QED) is 0.919. The van der Waals surface area contributed by atoms with Crippen molar-refractivity contribution in [3.8, 4) is 11.5 Å². The summed E-state index contributed by atoms with van der Waals surface area (Å²) >= 11 is 3.54. The molecular formula is C11H14BrNO2. The highest BCUT2D eigenvalue weighted by atomic mass is 79.9. The van der Waals surface area contributed by atoms with E-state index in [0.29, 0.717) is 19.3 Å². The maximum Gasteiger partial charge on any atom is 0.231 e. The number of ether oxygens (including phenoxy) is 2. The Labute approximate surface area is 97.7 Å². The van der Waals surface area contributed by atoms with Crippen molar-refractivity contribution in [3.05, 3.63) is 22.2 Å². The largest absolute Gasteiger partial charge is 0.454 e. The molecule has 0 saturated heterocycles. The van der Waals surface area contributed by atoms with Crippen molar-refractivity contribution in [2.45, 2.75) is 19.3 Å². The van der Waals surface area contributed by atoms with E-state index in [9.17, 15) is 0 Å². The van der Waals surface area contributed by atoms with Crippen LogP contribution in [0.25, 0.3) is 0 Å². The Kier molecular flexibility index (Phi) is 3.17. The van der Waals surface area contributed by atoms with Gasteiger partial charge < -0.3 is 15.2 Å². The first-order chi connectivity index (χ1) is 7.24. The van der Waals surface area contributed by atoms with Crippen molar-refractivity contribution in [2.75, 3.05) is 13.3 Å². The molecule has 0 fully saturated rings. The highest BCUT2D eigenvalue weighted by molar-refractivity contribution is 9.10. The second kappa shape index (κ2) is 4.41. The summed E-state index contributed by atoms with van der Waals surface area (Å²) in [4.78, 5) is 0. The van der Waals surface area contributed by atoms with Gasteiger partial charge in [-0.05, 0) is 31.0 Å². The molecule has 82 valence electrons. The molecule has 15 heavy (non-hydrogen) atoms. The lowest BCUT2D eigenvalue weighted by Gasteiger charge is -2.15. The first-order valence-electron chi connectivity index (χ1n) is 5.02. The van der Waals surface area contributed by atoms with Gasteiger partial charge in [0.25, 0.3) is 0 Å². The highest BCUT2D eigenvalue weighted by Gasteiger charge is 2.23. The van der Waals surface area contributed by atoms with Gasteiger partial charge in [-0.3, -0.25) is 0 Å². The van der Waals surface area contributed by atoms with Crippen LogP contribution in [0, 0.1) is 0 Å². The molecule has 1 aromatic carbocycles. The van der Waals surface area contributed by atoms with Crippen LogP contribution in [0.3, 0.4) is 0 Å². The van der Waals surface area contributed by atoms with Gasteiger partial charge in [-0.1, -0.05) is 22.9 Å². The topological polar surface area (TPSA) is 44.5 Å². The van der Waals surface area contributed by atoms with Crippen LogP contribution in [-0.2, 0) is 0 Å². The minimum absolute atomic E-state index is 0.314. The molecule has 1 atom stereocenters. The average molecular weight is 272 g/mol. The van der Waals surface area contributed by atoms with E-state index < -0.39 is 0 Å². The Morgan fingerprint density at radius 2 is 2.27 bits per heavy atom. The van der Waals surface area contributed by atoms with Gasteiger partial charge in [-0.15, -0.1) is 0 Å². The van der Waals surface area contributed by atoms with Crippen molar-refractivity contribution < 1.29 is 9.47 Å². The zero-order valence-electron chi connectivity index (χ0n) is 8.63. The van der Waals surface area contributed by atoms with Gasteiger partial charge in [0.15, 0.2) is 11.5 Å². The summed E-state index contributed by atoms with van der Waals surface area (Å²) in [6.07, 6.45) is 0.943. The first kappa shape index (κ1) is 10.8. The zero-order chi connectivity index (χ0) is 10.8. The molecule has 3 nitrogen and oxygen atoms in total. The lowest BCUT2D eigenvalue weighted by molar-refractivity contribution is 0.173. The summed E-state index contributed by atoms with van der Waals surface area (Å²) < 4.78 is 11.9. The van der Waals surface area contributed by atoms with Crippen LogP contribution < -0.4 is 15.2 Å². The Morgan fingerprint density at radius 3 is 3.00 bits per heavy atom. The molecule has 1 unspecified atom stereocenters. The van der Waals surface area contributed by atoms with Gasteiger partial charge in [-0.2, -0.15) is 0 Å². The Morgan fingerprint density at radius 1 is 1.47 bits per heavy atom. The smallest absolute Gasteiger partial charge is 0.231 e. The molecule has 0 aromatic heterocycles. The van der Waals surface area contributed by atoms with Gasteiger partial charge in [-0.25, -0.2) is 0 Å². The molecule has 0 bridgehead atoms. The van der Waals surface area contributed by atoms with E-state index >= 15 is 0 Å². The van der Waals surface area contributed by atoms with Gasteiger partial charge in [0.05, 0.1) is 0 Å². The van der Waals surface area contributed by atoms with Crippen molar-refractivity contribution >= 4 is 15.9 Å². The molecule has 1 aliphatic heterocycles. The standard InChI is InChI=1S/C11H14BrNO2/c1-7(4-5-13)10-8(12)2-3-9-11(10)15-6-14-9/h2-3,7H,4-6,13H2,1H3. The number of rotatable bonds is 3. The summed E-state index contributed by atoms with van der Waals surface area (Å²) in [5, 5.41) is 0. The number of hydrogen-bond acceptors (Lipinski definition) is 3. The molecule has 0 aliphatic carbocycles. The molecule has 1 aliphatic rings. The molecule has 1 heterocycles. The fourth-order valence-electron chi connectivity index (χ4n) is 1.82. The molecule has 0 radical (unpaired) electrons. The second-order valence-corrected chi connectivity index (χ2v) is 4.53. The third-order valence-electron chi connectivity index (χ3n) is 2.62. The number of hydrogen-bond donors (Lipinski definition) is 1. The van der Waals surface area contributed by atoms with E-state index in [0.717, 1.165) is 28.0 Å². The SMILES string of the molecule is CC(CCN)c1c(Br)ccc2c1OCO2. The van der Waals surface area contributed by atoms with Gasteiger partial charge in [0.1, 0.15) is 0 Å². The normalized spacial score (nSPS) is 15.4. The molecule has 1 aromatic rings. The predicted octanol–water partition coefficient (Wildman–Crippen LogP) is 2.63. The van der Waals surface area contributed by atoms with E-state index in [1.807, 2.05) is 12.1 Å². The fourth-order valence-corrected chi connectivity index (χ4v) is 2.53. The zero-order valence-corrected chi connectivity index (χ0v) is 10.2. The predicted molar refractivity (Wildman–Crippen MR) is 62.4 cm³/mol. The minimum atomic E-state index is 0.314. The van der Waals surface area contributed by atoms with Gasteiger partial charge in [0, 0.05) is 10.0 Å². The van der Waals surface area contributed by atoms with Gasteiger partial charge in [0.2, 0.25) is 6.79 Å². The van der Waals surface area contributed by atoms with E-state index in [2.05, 4.69) is 22.9 Å². The van der Waals surface area contributed by atoms with E-state index in [4.69, 9.17) is 15.2 Å². The number of halogens is 1. The van der Waals surface area contributed by atoms with Crippen LogP contribution >= 0.6 is 15.9 Å². The van der Waals surface area contributed by atoms with Crippen LogP contribution in [0.4, 0.5) is 0 Å². The number of benzene rings is 1. The monoisotopic (exact) mass is 271 g/mol. The van der Waals surface area contributed by atoms with Crippen LogP contribution in [0.15, 0.2) is 16.6 Å². The molecular weight excluding hydrogens is 258 g/mol. The summed E-state index contributed by atoms with van der Waals surface area (Å²) in [6, 6.07) is 3.92. The number of nitrogens with two attached hydrogens (primary N) is 1. The van der Waals surface area contributed by atoms with E-state index in [1.54, 1.807) is 0 Å². The van der Waals surface area contributed by atoms with E-state index in [-0.39, 0.29) is 0 Å². The van der Waals surface area contributed by atoms with Crippen LogP contribution in [0.2, 0.25) is 0 Å². The van der Waals surface area contributed by atoms with Crippen LogP contribution in [-0.4, -0.2) is 13.3 Å². The third kappa shape index (κ3) is 1.96. The number of fused-ring (bicyclic) bond motifs is 1. The van der Waals surface area contributed by atoms with Crippen molar-refractivity contribution in [1.29, 1.82) is 0 Å². The molecule has 0 spiro atoms. The van der Waals surface area contributed by atoms with Crippen molar-refractivity contribution in [1.82, 2.24) is 0 Å². The summed E-state index contributed by atoms with van der Waals surface area (Å²) in [7, 11) is 0. The molecule has 0 saturated carbocycles. The summed E-state index contributed by atoms with van der Waals surface area (Å²) in [5.74, 6) is 2.07.